The Labute approximate surface area is 146 Å². The van der Waals surface area contributed by atoms with Crippen molar-refractivity contribution in [3.05, 3.63) is 22.4 Å². The summed E-state index contributed by atoms with van der Waals surface area (Å²) in [5, 5.41) is 15.7. The molecule has 0 aliphatic carbocycles. The number of nitriles is 1. The van der Waals surface area contributed by atoms with Crippen LogP contribution >= 0.6 is 11.3 Å². The fraction of sp³-hybridized carbons (Fsp3) is 0.588. The van der Waals surface area contributed by atoms with Crippen LogP contribution in [0.1, 0.15) is 51.6 Å². The van der Waals surface area contributed by atoms with E-state index in [1.807, 2.05) is 16.8 Å². The zero-order valence-corrected chi connectivity index (χ0v) is 15.1. The molecule has 0 saturated carbocycles. The number of thiophene rings is 1. The molecule has 0 bridgehead atoms. The summed E-state index contributed by atoms with van der Waals surface area (Å²) in [7, 11) is 0. The first-order valence-corrected chi connectivity index (χ1v) is 8.95. The maximum atomic E-state index is 12.6. The maximum Gasteiger partial charge on any atom is 0.408 e. The molecule has 1 N–H and O–H groups in total. The summed E-state index contributed by atoms with van der Waals surface area (Å²) >= 11 is 1.50. The van der Waals surface area contributed by atoms with E-state index in [9.17, 15) is 9.59 Å². The number of rotatable bonds is 4. The first-order chi connectivity index (χ1) is 11.3. The van der Waals surface area contributed by atoms with Crippen LogP contribution in [0.25, 0.3) is 0 Å². The first kappa shape index (κ1) is 18.3. The largest absolute Gasteiger partial charge is 0.444 e. The summed E-state index contributed by atoms with van der Waals surface area (Å²) in [6.07, 6.45) is 1.12. The van der Waals surface area contributed by atoms with Crippen molar-refractivity contribution in [1.29, 1.82) is 5.26 Å². The smallest absolute Gasteiger partial charge is 0.408 e. The molecule has 24 heavy (non-hydrogen) atoms. The van der Waals surface area contributed by atoms with Gasteiger partial charge in [0.15, 0.2) is 0 Å². The van der Waals surface area contributed by atoms with Gasteiger partial charge in [0.25, 0.3) is 0 Å². The Morgan fingerprint density at radius 3 is 2.88 bits per heavy atom. The molecular weight excluding hydrogens is 326 g/mol. The number of nitrogens with zero attached hydrogens (tertiary/aromatic N) is 2. The summed E-state index contributed by atoms with van der Waals surface area (Å²) < 4.78 is 5.29. The molecule has 1 fully saturated rings. The lowest BCUT2D eigenvalue weighted by atomic mass is 10.1. The molecule has 0 aromatic carbocycles. The number of hydrogen-bond donors (Lipinski definition) is 1. The van der Waals surface area contributed by atoms with Crippen LogP contribution in [0.2, 0.25) is 0 Å². The van der Waals surface area contributed by atoms with E-state index in [1.54, 1.807) is 25.7 Å². The molecule has 6 nitrogen and oxygen atoms in total. The maximum absolute atomic E-state index is 12.6. The van der Waals surface area contributed by atoms with E-state index in [2.05, 4.69) is 11.4 Å². The highest BCUT2D eigenvalue weighted by atomic mass is 32.1. The van der Waals surface area contributed by atoms with Gasteiger partial charge in [-0.3, -0.25) is 4.79 Å². The molecule has 2 heterocycles. The van der Waals surface area contributed by atoms with Crippen molar-refractivity contribution in [3.63, 3.8) is 0 Å². The molecule has 2 rings (SSSR count). The normalized spacial score (nSPS) is 18.8. The van der Waals surface area contributed by atoms with E-state index in [1.165, 1.54) is 11.3 Å². The monoisotopic (exact) mass is 349 g/mol. The van der Waals surface area contributed by atoms with Crippen molar-refractivity contribution in [3.8, 4) is 6.07 Å². The van der Waals surface area contributed by atoms with Crippen LogP contribution in [-0.2, 0) is 9.53 Å². The Morgan fingerprint density at radius 2 is 2.29 bits per heavy atom. The SMILES string of the molecule is CC(C)(C)OC(=O)NC(CC(=O)N1CCC[C@H]1C#N)c1ccsc1. The Morgan fingerprint density at radius 1 is 1.54 bits per heavy atom. The minimum Gasteiger partial charge on any atom is -0.444 e. The molecule has 1 aliphatic rings. The Hall–Kier alpha value is -2.07. The Kier molecular flexibility index (Phi) is 5.84. The summed E-state index contributed by atoms with van der Waals surface area (Å²) in [5.74, 6) is -0.119. The van der Waals surface area contributed by atoms with E-state index >= 15 is 0 Å². The van der Waals surface area contributed by atoms with Gasteiger partial charge >= 0.3 is 6.09 Å². The Balaban J connectivity index is 2.06. The van der Waals surface area contributed by atoms with Crippen molar-refractivity contribution >= 4 is 23.3 Å². The van der Waals surface area contributed by atoms with Gasteiger partial charge in [0.1, 0.15) is 11.6 Å². The molecule has 0 spiro atoms. The van der Waals surface area contributed by atoms with Gasteiger partial charge in [-0.2, -0.15) is 16.6 Å². The van der Waals surface area contributed by atoms with Crippen molar-refractivity contribution < 1.29 is 14.3 Å². The average Bonchev–Trinajstić information content (AvgIpc) is 3.15. The van der Waals surface area contributed by atoms with Gasteiger partial charge < -0.3 is 15.0 Å². The number of hydrogen-bond acceptors (Lipinski definition) is 5. The number of amides is 2. The first-order valence-electron chi connectivity index (χ1n) is 8.01. The molecule has 130 valence electrons. The lowest BCUT2D eigenvalue weighted by Crippen LogP contribution is -2.40. The quantitative estimate of drug-likeness (QED) is 0.905. The predicted molar refractivity (Wildman–Crippen MR) is 91.4 cm³/mol. The van der Waals surface area contributed by atoms with E-state index in [0.29, 0.717) is 13.0 Å². The second-order valence-electron chi connectivity index (χ2n) is 6.83. The van der Waals surface area contributed by atoms with Gasteiger partial charge in [0, 0.05) is 6.54 Å². The number of carbonyl (C=O) groups is 2. The molecular formula is C17H23N3O3S. The van der Waals surface area contributed by atoms with Crippen molar-refractivity contribution in [2.45, 2.75) is 57.7 Å². The van der Waals surface area contributed by atoms with Crippen LogP contribution in [-0.4, -0.2) is 35.1 Å². The molecule has 7 heteroatoms. The van der Waals surface area contributed by atoms with Crippen LogP contribution in [0.15, 0.2) is 16.8 Å². The fourth-order valence-corrected chi connectivity index (χ4v) is 3.38. The van der Waals surface area contributed by atoms with E-state index in [-0.39, 0.29) is 18.4 Å². The third-order valence-corrected chi connectivity index (χ3v) is 4.44. The van der Waals surface area contributed by atoms with Crippen molar-refractivity contribution in [2.24, 2.45) is 0 Å². The van der Waals surface area contributed by atoms with E-state index in [4.69, 9.17) is 10.00 Å². The summed E-state index contributed by atoms with van der Waals surface area (Å²) in [6, 6.07) is 3.23. The van der Waals surface area contributed by atoms with Gasteiger partial charge in [0.2, 0.25) is 5.91 Å². The number of alkyl carbamates (subject to hydrolysis) is 1. The standard InChI is InChI=1S/C17H23N3O3S/c1-17(2,3)23-16(22)19-14(12-6-8-24-11-12)9-15(21)20-7-4-5-13(20)10-18/h6,8,11,13-14H,4-5,7,9H2,1-3H3,(H,19,22)/t13-,14?/m0/s1. The third-order valence-electron chi connectivity index (χ3n) is 3.74. The number of ether oxygens (including phenoxy) is 1. The lowest BCUT2D eigenvalue weighted by molar-refractivity contribution is -0.131. The zero-order valence-electron chi connectivity index (χ0n) is 14.2. The van der Waals surface area contributed by atoms with Crippen molar-refractivity contribution in [2.75, 3.05) is 6.54 Å². The minimum atomic E-state index is -0.603. The number of carbonyl (C=O) groups excluding carboxylic acids is 2. The summed E-state index contributed by atoms with van der Waals surface area (Å²) in [4.78, 5) is 26.3. The van der Waals surface area contributed by atoms with Gasteiger partial charge in [-0.15, -0.1) is 0 Å². The topological polar surface area (TPSA) is 82.4 Å². The fourth-order valence-electron chi connectivity index (χ4n) is 2.67. The highest BCUT2D eigenvalue weighted by molar-refractivity contribution is 7.08. The van der Waals surface area contributed by atoms with Crippen LogP contribution in [0.5, 0.6) is 0 Å². The van der Waals surface area contributed by atoms with Crippen LogP contribution in [0.3, 0.4) is 0 Å². The molecule has 0 radical (unpaired) electrons. The van der Waals surface area contributed by atoms with E-state index < -0.39 is 17.7 Å². The van der Waals surface area contributed by atoms with Gasteiger partial charge in [-0.1, -0.05) is 0 Å². The average molecular weight is 349 g/mol. The molecule has 2 amide bonds. The number of likely N-dealkylation sites (tertiary alicyclic amines) is 1. The molecule has 2 atom stereocenters. The third kappa shape index (κ3) is 4.96. The summed E-state index contributed by atoms with van der Waals surface area (Å²) in [5.41, 5.74) is 0.264. The second-order valence-corrected chi connectivity index (χ2v) is 7.61. The number of nitrogens with one attached hydrogen (secondary N) is 1. The van der Waals surface area contributed by atoms with Gasteiger partial charge in [-0.25, -0.2) is 4.79 Å². The molecule has 1 aliphatic heterocycles. The van der Waals surface area contributed by atoms with Crippen LogP contribution in [0, 0.1) is 11.3 Å². The van der Waals surface area contributed by atoms with Crippen LogP contribution in [0.4, 0.5) is 4.79 Å². The van der Waals surface area contributed by atoms with Crippen LogP contribution < -0.4 is 5.32 Å². The molecule has 1 unspecified atom stereocenters. The Bertz CT molecular complexity index is 616. The van der Waals surface area contributed by atoms with Gasteiger partial charge in [0.05, 0.1) is 18.5 Å². The second kappa shape index (κ2) is 7.67. The lowest BCUT2D eigenvalue weighted by Gasteiger charge is -2.25. The summed E-state index contributed by atoms with van der Waals surface area (Å²) in [6.45, 7) is 5.97. The highest BCUT2D eigenvalue weighted by Crippen LogP contribution is 2.24. The molecule has 1 saturated heterocycles. The van der Waals surface area contributed by atoms with E-state index in [0.717, 1.165) is 12.0 Å². The predicted octanol–water partition coefficient (Wildman–Crippen LogP) is 3.22. The van der Waals surface area contributed by atoms with Gasteiger partial charge in [-0.05, 0) is 56.0 Å². The van der Waals surface area contributed by atoms with Crippen molar-refractivity contribution in [1.82, 2.24) is 10.2 Å². The zero-order chi connectivity index (χ0) is 17.7. The molecule has 1 aromatic rings. The minimum absolute atomic E-state index is 0.119. The molecule has 1 aromatic heterocycles. The highest BCUT2D eigenvalue weighted by Gasteiger charge is 2.31.